The number of rotatable bonds is 7. The van der Waals surface area contributed by atoms with Crippen molar-refractivity contribution in [3.8, 4) is 0 Å². The van der Waals surface area contributed by atoms with Gasteiger partial charge in [-0.3, -0.25) is 4.79 Å². The van der Waals surface area contributed by atoms with Gasteiger partial charge in [-0.1, -0.05) is 0 Å². The van der Waals surface area contributed by atoms with Gasteiger partial charge in [0.05, 0.1) is 18.7 Å². The number of carboxylic acids is 1. The zero-order valence-corrected chi connectivity index (χ0v) is 12.9. The molecule has 6 nitrogen and oxygen atoms in total. The van der Waals surface area contributed by atoms with Crippen molar-refractivity contribution in [2.24, 2.45) is 0 Å². The van der Waals surface area contributed by atoms with Gasteiger partial charge in [0, 0.05) is 30.9 Å². The second kappa shape index (κ2) is 7.86. The van der Waals surface area contributed by atoms with Crippen LogP contribution in [0.2, 0.25) is 0 Å². The van der Waals surface area contributed by atoms with E-state index in [1.54, 1.807) is 31.2 Å². The number of amides is 1. The Morgan fingerprint density at radius 3 is 2.70 bits per heavy atom. The zero-order chi connectivity index (χ0) is 15.1. The molecule has 2 N–H and O–H groups in total. The fourth-order valence-electron chi connectivity index (χ4n) is 1.57. The van der Waals surface area contributed by atoms with Gasteiger partial charge >= 0.3 is 5.97 Å². The Bertz CT molecular complexity index is 493. The van der Waals surface area contributed by atoms with Crippen LogP contribution in [-0.2, 0) is 9.53 Å². The van der Waals surface area contributed by atoms with Crippen LogP contribution in [0.5, 0.6) is 0 Å². The molecule has 0 heterocycles. The number of halogens is 1. The quantitative estimate of drug-likeness (QED) is 0.730. The predicted octanol–water partition coefficient (Wildman–Crippen LogP) is 1.35. The molecule has 0 atom stereocenters. The van der Waals surface area contributed by atoms with Gasteiger partial charge in [-0.25, -0.2) is 4.79 Å². The lowest BCUT2D eigenvalue weighted by Crippen LogP contribution is -2.36. The largest absolute Gasteiger partial charge is 0.478 e. The second-order valence-electron chi connectivity index (χ2n) is 4.17. The van der Waals surface area contributed by atoms with Gasteiger partial charge in [0.15, 0.2) is 0 Å². The maximum absolute atomic E-state index is 11.6. The van der Waals surface area contributed by atoms with Crippen LogP contribution in [0.4, 0.5) is 5.69 Å². The van der Waals surface area contributed by atoms with Crippen molar-refractivity contribution in [1.29, 1.82) is 0 Å². The zero-order valence-electron chi connectivity index (χ0n) is 11.4. The fourth-order valence-corrected chi connectivity index (χ4v) is 2.11. The molecule has 0 unspecified atom stereocenters. The molecule has 0 aliphatic heterocycles. The highest BCUT2D eigenvalue weighted by Gasteiger charge is 2.12. The number of nitrogens with zero attached hydrogens (tertiary/aromatic N) is 1. The molecule has 0 spiro atoms. The SMILES string of the molecule is COCCNC(=O)CN(C)c1ccc(C(=O)O)c(Br)c1. The van der Waals surface area contributed by atoms with Crippen LogP contribution in [0.15, 0.2) is 22.7 Å². The normalized spacial score (nSPS) is 10.2. The number of ether oxygens (including phenoxy) is 1. The minimum Gasteiger partial charge on any atom is -0.478 e. The molecule has 0 fully saturated rings. The number of aromatic carboxylic acids is 1. The van der Waals surface area contributed by atoms with Gasteiger partial charge in [-0.05, 0) is 34.1 Å². The van der Waals surface area contributed by atoms with Crippen LogP contribution in [0.1, 0.15) is 10.4 Å². The summed E-state index contributed by atoms with van der Waals surface area (Å²) in [6.07, 6.45) is 0. The maximum atomic E-state index is 11.6. The minimum atomic E-state index is -0.997. The van der Waals surface area contributed by atoms with Crippen LogP contribution < -0.4 is 10.2 Å². The first-order valence-electron chi connectivity index (χ1n) is 5.95. The molecule has 7 heteroatoms. The molecule has 0 saturated heterocycles. The summed E-state index contributed by atoms with van der Waals surface area (Å²) >= 11 is 3.21. The first-order valence-corrected chi connectivity index (χ1v) is 6.74. The lowest BCUT2D eigenvalue weighted by atomic mass is 10.2. The maximum Gasteiger partial charge on any atom is 0.336 e. The molecule has 0 radical (unpaired) electrons. The van der Waals surface area contributed by atoms with Crippen LogP contribution in [0.3, 0.4) is 0 Å². The average Bonchev–Trinajstić information content (AvgIpc) is 2.38. The van der Waals surface area contributed by atoms with Gasteiger partial charge in [0.2, 0.25) is 5.91 Å². The second-order valence-corrected chi connectivity index (χ2v) is 5.02. The molecule has 0 bridgehead atoms. The van der Waals surface area contributed by atoms with Gasteiger partial charge in [-0.2, -0.15) is 0 Å². The molecule has 1 rings (SSSR count). The van der Waals surface area contributed by atoms with Crippen LogP contribution >= 0.6 is 15.9 Å². The van der Waals surface area contributed by atoms with E-state index < -0.39 is 5.97 Å². The molecular weight excluding hydrogens is 328 g/mol. The molecule has 1 amide bonds. The first kappa shape index (κ1) is 16.5. The van der Waals surface area contributed by atoms with Crippen molar-refractivity contribution < 1.29 is 19.4 Å². The van der Waals surface area contributed by atoms with Crippen molar-refractivity contribution in [3.05, 3.63) is 28.2 Å². The highest BCUT2D eigenvalue weighted by Crippen LogP contribution is 2.23. The Balaban J connectivity index is 2.63. The molecule has 1 aromatic rings. The molecule has 0 aliphatic rings. The Morgan fingerprint density at radius 1 is 1.45 bits per heavy atom. The third-order valence-electron chi connectivity index (χ3n) is 2.63. The van der Waals surface area contributed by atoms with Gasteiger partial charge in [0.1, 0.15) is 0 Å². The summed E-state index contributed by atoms with van der Waals surface area (Å²) in [7, 11) is 3.33. The summed E-state index contributed by atoms with van der Waals surface area (Å²) in [5.74, 6) is -1.12. The summed E-state index contributed by atoms with van der Waals surface area (Å²) in [4.78, 5) is 24.3. The molecule has 20 heavy (non-hydrogen) atoms. The van der Waals surface area contributed by atoms with E-state index in [9.17, 15) is 9.59 Å². The van der Waals surface area contributed by atoms with Crippen LogP contribution in [0.25, 0.3) is 0 Å². The number of nitrogens with one attached hydrogen (secondary N) is 1. The van der Waals surface area contributed by atoms with E-state index >= 15 is 0 Å². The van der Waals surface area contributed by atoms with Gasteiger partial charge in [-0.15, -0.1) is 0 Å². The van der Waals surface area contributed by atoms with E-state index in [0.717, 1.165) is 5.69 Å². The van der Waals surface area contributed by atoms with Crippen LogP contribution in [-0.4, -0.2) is 50.8 Å². The van der Waals surface area contributed by atoms with Gasteiger partial charge < -0.3 is 20.1 Å². The first-order chi connectivity index (χ1) is 9.45. The van der Waals surface area contributed by atoms with E-state index in [-0.39, 0.29) is 18.0 Å². The predicted molar refractivity (Wildman–Crippen MR) is 79.3 cm³/mol. The molecule has 0 saturated carbocycles. The van der Waals surface area contributed by atoms with E-state index in [2.05, 4.69) is 21.2 Å². The smallest absolute Gasteiger partial charge is 0.336 e. The Hall–Kier alpha value is -1.60. The lowest BCUT2D eigenvalue weighted by Gasteiger charge is -2.19. The third-order valence-corrected chi connectivity index (χ3v) is 3.29. The van der Waals surface area contributed by atoms with Crippen molar-refractivity contribution in [3.63, 3.8) is 0 Å². The van der Waals surface area contributed by atoms with E-state index in [1.807, 2.05) is 0 Å². The highest BCUT2D eigenvalue weighted by atomic mass is 79.9. The van der Waals surface area contributed by atoms with Crippen molar-refractivity contribution in [1.82, 2.24) is 5.32 Å². The topological polar surface area (TPSA) is 78.9 Å². The summed E-state index contributed by atoms with van der Waals surface area (Å²) in [5.41, 5.74) is 0.940. The Labute approximate surface area is 125 Å². The van der Waals surface area contributed by atoms with E-state index in [1.165, 1.54) is 6.07 Å². The number of methoxy groups -OCH3 is 1. The number of benzene rings is 1. The number of likely N-dealkylation sites (N-methyl/N-ethyl adjacent to an activating group) is 1. The van der Waals surface area contributed by atoms with Crippen molar-refractivity contribution in [2.75, 3.05) is 38.8 Å². The number of hydrogen-bond donors (Lipinski definition) is 2. The van der Waals surface area contributed by atoms with E-state index in [4.69, 9.17) is 9.84 Å². The number of anilines is 1. The average molecular weight is 345 g/mol. The Kier molecular flexibility index (Phi) is 6.47. The molecular formula is C13H17BrN2O4. The van der Waals surface area contributed by atoms with Crippen LogP contribution in [0, 0.1) is 0 Å². The number of carboxylic acid groups (broad SMARTS) is 1. The van der Waals surface area contributed by atoms with Gasteiger partial charge in [0.25, 0.3) is 0 Å². The molecule has 110 valence electrons. The standard InChI is InChI=1S/C13H17BrN2O4/c1-16(8-12(17)15-5-6-20-2)9-3-4-10(13(18)19)11(14)7-9/h3-4,7H,5-6,8H2,1-2H3,(H,15,17)(H,18,19). The monoisotopic (exact) mass is 344 g/mol. The number of hydrogen-bond acceptors (Lipinski definition) is 4. The van der Waals surface area contributed by atoms with Crippen molar-refractivity contribution in [2.45, 2.75) is 0 Å². The summed E-state index contributed by atoms with van der Waals surface area (Å²) in [5, 5.41) is 11.7. The minimum absolute atomic E-state index is 0.122. The van der Waals surface area contributed by atoms with Crippen molar-refractivity contribution >= 4 is 33.5 Å². The summed E-state index contributed by atoms with van der Waals surface area (Å²) < 4.78 is 5.32. The summed E-state index contributed by atoms with van der Waals surface area (Å²) in [6.45, 7) is 1.11. The van der Waals surface area contributed by atoms with E-state index in [0.29, 0.717) is 17.6 Å². The fraction of sp³-hybridized carbons (Fsp3) is 0.385. The molecule has 0 aliphatic carbocycles. The third kappa shape index (κ3) is 4.82. The molecule has 1 aromatic carbocycles. The molecule has 0 aromatic heterocycles. The number of carbonyl (C=O) groups is 2. The Morgan fingerprint density at radius 2 is 2.15 bits per heavy atom. The lowest BCUT2D eigenvalue weighted by molar-refractivity contribution is -0.119. The summed E-state index contributed by atoms with van der Waals surface area (Å²) in [6, 6.07) is 4.84. The number of carbonyl (C=O) groups excluding carboxylic acids is 1. The highest BCUT2D eigenvalue weighted by molar-refractivity contribution is 9.10.